The summed E-state index contributed by atoms with van der Waals surface area (Å²) in [6, 6.07) is 19.5. The second-order valence-corrected chi connectivity index (χ2v) is 5.64. The van der Waals surface area contributed by atoms with Crippen LogP contribution in [-0.4, -0.2) is 15.9 Å². The summed E-state index contributed by atoms with van der Waals surface area (Å²) < 4.78 is 0. The van der Waals surface area contributed by atoms with Crippen molar-refractivity contribution in [3.8, 4) is 0 Å². The van der Waals surface area contributed by atoms with E-state index in [0.717, 1.165) is 23.4 Å². The molecule has 2 heterocycles. The van der Waals surface area contributed by atoms with Crippen LogP contribution in [0.4, 0.5) is 11.5 Å². The molecule has 0 radical (unpaired) electrons. The largest absolute Gasteiger partial charge is 0.378 e. The Hall–Kier alpha value is -3.21. The first-order valence-electron chi connectivity index (χ1n) is 8.23. The Labute approximate surface area is 147 Å². The van der Waals surface area contributed by atoms with Gasteiger partial charge in [-0.25, -0.2) is 4.98 Å². The van der Waals surface area contributed by atoms with Crippen molar-refractivity contribution in [1.29, 1.82) is 0 Å². The summed E-state index contributed by atoms with van der Waals surface area (Å²) in [6.45, 7) is 0.630. The van der Waals surface area contributed by atoms with Gasteiger partial charge in [0.2, 0.25) is 5.91 Å². The topological polar surface area (TPSA) is 66.9 Å². The number of hydrogen-bond donors (Lipinski definition) is 2. The third-order valence-electron chi connectivity index (χ3n) is 3.71. The SMILES string of the molecule is O=C(CCc1ccccc1)Nc1ccc(NCc2ccccn2)cn1. The van der Waals surface area contributed by atoms with E-state index in [4.69, 9.17) is 0 Å². The molecule has 0 aliphatic heterocycles. The predicted octanol–water partition coefficient (Wildman–Crippen LogP) is 3.66. The number of benzene rings is 1. The first kappa shape index (κ1) is 16.6. The molecule has 1 amide bonds. The highest BCUT2D eigenvalue weighted by molar-refractivity contribution is 5.89. The third-order valence-corrected chi connectivity index (χ3v) is 3.71. The molecule has 5 nitrogen and oxygen atoms in total. The van der Waals surface area contributed by atoms with Crippen LogP contribution in [0.25, 0.3) is 0 Å². The predicted molar refractivity (Wildman–Crippen MR) is 99.2 cm³/mol. The van der Waals surface area contributed by atoms with Crippen molar-refractivity contribution >= 4 is 17.4 Å². The Morgan fingerprint density at radius 3 is 2.48 bits per heavy atom. The molecule has 0 aliphatic rings. The molecule has 0 spiro atoms. The van der Waals surface area contributed by atoms with Gasteiger partial charge >= 0.3 is 0 Å². The number of nitrogens with zero attached hydrogens (tertiary/aromatic N) is 2. The zero-order valence-corrected chi connectivity index (χ0v) is 13.9. The van der Waals surface area contributed by atoms with Gasteiger partial charge in [-0.15, -0.1) is 0 Å². The van der Waals surface area contributed by atoms with Gasteiger partial charge in [-0.3, -0.25) is 9.78 Å². The molecule has 0 atom stereocenters. The van der Waals surface area contributed by atoms with Gasteiger partial charge in [0.05, 0.1) is 24.1 Å². The van der Waals surface area contributed by atoms with Crippen LogP contribution in [0.5, 0.6) is 0 Å². The summed E-state index contributed by atoms with van der Waals surface area (Å²) in [5.41, 5.74) is 2.99. The van der Waals surface area contributed by atoms with Crippen LogP contribution >= 0.6 is 0 Å². The number of rotatable bonds is 7. The van der Waals surface area contributed by atoms with Crippen molar-refractivity contribution in [3.63, 3.8) is 0 Å². The third kappa shape index (κ3) is 5.42. The van der Waals surface area contributed by atoms with Crippen molar-refractivity contribution in [3.05, 3.63) is 84.3 Å². The van der Waals surface area contributed by atoms with Crippen molar-refractivity contribution < 1.29 is 4.79 Å². The highest BCUT2D eigenvalue weighted by atomic mass is 16.1. The fourth-order valence-electron chi connectivity index (χ4n) is 2.38. The summed E-state index contributed by atoms with van der Waals surface area (Å²) in [6.07, 6.45) is 4.63. The minimum Gasteiger partial charge on any atom is -0.378 e. The van der Waals surface area contributed by atoms with Crippen molar-refractivity contribution in [2.24, 2.45) is 0 Å². The molecule has 0 saturated heterocycles. The Morgan fingerprint density at radius 2 is 1.76 bits per heavy atom. The molecular weight excluding hydrogens is 312 g/mol. The molecule has 5 heteroatoms. The van der Waals surface area contributed by atoms with E-state index in [9.17, 15) is 4.79 Å². The number of nitrogens with one attached hydrogen (secondary N) is 2. The van der Waals surface area contributed by atoms with E-state index in [-0.39, 0.29) is 5.91 Å². The number of pyridine rings is 2. The molecule has 0 fully saturated rings. The highest BCUT2D eigenvalue weighted by Gasteiger charge is 2.04. The lowest BCUT2D eigenvalue weighted by atomic mass is 10.1. The maximum atomic E-state index is 12.0. The Kier molecular flexibility index (Phi) is 5.72. The Morgan fingerprint density at radius 1 is 0.920 bits per heavy atom. The minimum absolute atomic E-state index is 0.0365. The van der Waals surface area contributed by atoms with Crippen LogP contribution < -0.4 is 10.6 Å². The van der Waals surface area contributed by atoms with E-state index < -0.39 is 0 Å². The number of anilines is 2. The van der Waals surface area contributed by atoms with Crippen LogP contribution in [0.15, 0.2) is 73.1 Å². The average Bonchev–Trinajstić information content (AvgIpc) is 2.67. The van der Waals surface area contributed by atoms with E-state index in [0.29, 0.717) is 18.8 Å². The van der Waals surface area contributed by atoms with Crippen LogP contribution in [0.2, 0.25) is 0 Å². The fourth-order valence-corrected chi connectivity index (χ4v) is 2.38. The maximum Gasteiger partial charge on any atom is 0.225 e. The van der Waals surface area contributed by atoms with E-state index >= 15 is 0 Å². The number of carbonyl (C=O) groups is 1. The molecular formula is C20H20N4O. The molecule has 0 aliphatic carbocycles. The fraction of sp³-hybridized carbons (Fsp3) is 0.150. The summed E-state index contributed by atoms with van der Waals surface area (Å²) >= 11 is 0. The van der Waals surface area contributed by atoms with Crippen LogP contribution in [0.1, 0.15) is 17.7 Å². The van der Waals surface area contributed by atoms with Crippen LogP contribution in [0, 0.1) is 0 Å². The standard InChI is InChI=1S/C20H20N4O/c25-20(12-9-16-6-2-1-3-7-16)24-19-11-10-18(15-23-19)22-14-17-8-4-5-13-21-17/h1-8,10-11,13,15,22H,9,12,14H2,(H,23,24,25). The number of aromatic nitrogens is 2. The van der Waals surface area contributed by atoms with Crippen molar-refractivity contribution in [2.45, 2.75) is 19.4 Å². The van der Waals surface area contributed by atoms with Crippen molar-refractivity contribution in [2.75, 3.05) is 10.6 Å². The van der Waals surface area contributed by atoms with Gasteiger partial charge in [-0.2, -0.15) is 0 Å². The number of carbonyl (C=O) groups excluding carboxylic acids is 1. The van der Waals surface area contributed by atoms with E-state index in [1.54, 1.807) is 18.5 Å². The molecule has 2 aromatic heterocycles. The van der Waals surface area contributed by atoms with E-state index in [1.165, 1.54) is 0 Å². The molecule has 2 N–H and O–H groups in total. The van der Waals surface area contributed by atoms with Gasteiger partial charge in [0.15, 0.2) is 0 Å². The molecule has 126 valence electrons. The maximum absolute atomic E-state index is 12.0. The van der Waals surface area contributed by atoms with E-state index in [2.05, 4.69) is 20.6 Å². The molecule has 25 heavy (non-hydrogen) atoms. The summed E-state index contributed by atoms with van der Waals surface area (Å²) in [4.78, 5) is 20.5. The lowest BCUT2D eigenvalue weighted by Crippen LogP contribution is -2.13. The normalized spacial score (nSPS) is 10.2. The van der Waals surface area contributed by atoms with Crippen LogP contribution in [-0.2, 0) is 17.8 Å². The van der Waals surface area contributed by atoms with E-state index in [1.807, 2.05) is 54.6 Å². The number of amides is 1. The van der Waals surface area contributed by atoms with Crippen molar-refractivity contribution in [1.82, 2.24) is 9.97 Å². The number of hydrogen-bond acceptors (Lipinski definition) is 4. The summed E-state index contributed by atoms with van der Waals surface area (Å²) in [7, 11) is 0. The van der Waals surface area contributed by atoms with Gasteiger partial charge < -0.3 is 10.6 Å². The smallest absolute Gasteiger partial charge is 0.225 e. The molecule has 3 aromatic rings. The molecule has 0 bridgehead atoms. The lowest BCUT2D eigenvalue weighted by molar-refractivity contribution is -0.116. The van der Waals surface area contributed by atoms with Gasteiger partial charge in [-0.1, -0.05) is 36.4 Å². The second kappa shape index (κ2) is 8.59. The lowest BCUT2D eigenvalue weighted by Gasteiger charge is -2.08. The summed E-state index contributed by atoms with van der Waals surface area (Å²) in [5.74, 6) is 0.520. The van der Waals surface area contributed by atoms with Gasteiger partial charge in [0, 0.05) is 12.6 Å². The Bertz CT molecular complexity index is 789. The first-order chi connectivity index (χ1) is 12.3. The highest BCUT2D eigenvalue weighted by Crippen LogP contribution is 2.11. The molecule has 0 unspecified atom stereocenters. The summed E-state index contributed by atoms with van der Waals surface area (Å²) in [5, 5.41) is 6.07. The number of aryl methyl sites for hydroxylation is 1. The molecule has 0 saturated carbocycles. The average molecular weight is 332 g/mol. The zero-order chi connectivity index (χ0) is 17.3. The van der Waals surface area contributed by atoms with Gasteiger partial charge in [0.1, 0.15) is 5.82 Å². The van der Waals surface area contributed by atoms with Gasteiger partial charge in [0.25, 0.3) is 0 Å². The second-order valence-electron chi connectivity index (χ2n) is 5.64. The Balaban J connectivity index is 1.46. The minimum atomic E-state index is -0.0365. The monoisotopic (exact) mass is 332 g/mol. The van der Waals surface area contributed by atoms with Crippen LogP contribution in [0.3, 0.4) is 0 Å². The zero-order valence-electron chi connectivity index (χ0n) is 13.9. The van der Waals surface area contributed by atoms with Gasteiger partial charge in [-0.05, 0) is 36.2 Å². The quantitative estimate of drug-likeness (QED) is 0.693. The molecule has 1 aromatic carbocycles. The first-order valence-corrected chi connectivity index (χ1v) is 8.23. The molecule has 3 rings (SSSR count).